The van der Waals surface area contributed by atoms with Crippen LogP contribution in [0, 0.1) is 12.7 Å². The van der Waals surface area contributed by atoms with Crippen LogP contribution < -0.4 is 4.74 Å². The smallest absolute Gasteiger partial charge is 0.307 e. The molecule has 1 aromatic carbocycles. The van der Waals surface area contributed by atoms with Crippen LogP contribution in [0.2, 0.25) is 0 Å². The first kappa shape index (κ1) is 11.9. The van der Waals surface area contributed by atoms with E-state index in [0.717, 1.165) is 5.56 Å². The summed E-state index contributed by atoms with van der Waals surface area (Å²) in [4.78, 5) is 10.7. The second-order valence-electron chi connectivity index (χ2n) is 3.75. The van der Waals surface area contributed by atoms with Crippen molar-refractivity contribution < 1.29 is 19.0 Å². The highest BCUT2D eigenvalue weighted by Crippen LogP contribution is 2.36. The number of carboxylic acids is 1. The number of carboxylic acid groups (broad SMARTS) is 1. The Hall–Kier alpha value is -1.62. The van der Waals surface area contributed by atoms with Crippen molar-refractivity contribution in [2.24, 2.45) is 0 Å². The van der Waals surface area contributed by atoms with Gasteiger partial charge in [0.25, 0.3) is 0 Å². The van der Waals surface area contributed by atoms with E-state index in [9.17, 15) is 9.18 Å². The number of methoxy groups -OCH3 is 1. The maximum Gasteiger partial charge on any atom is 0.307 e. The molecule has 0 aliphatic heterocycles. The Kier molecular flexibility index (Phi) is 3.02. The molecular weight excluding hydrogens is 243 g/mol. The van der Waals surface area contributed by atoms with E-state index < -0.39 is 11.8 Å². The predicted octanol–water partition coefficient (Wildman–Crippen LogP) is 2.98. The molecule has 0 atom stereocenters. The van der Waals surface area contributed by atoms with E-state index >= 15 is 0 Å². The van der Waals surface area contributed by atoms with Gasteiger partial charge in [-0.3, -0.25) is 4.79 Å². The minimum Gasteiger partial charge on any atom is -0.494 e. The third-order valence-electron chi connectivity index (χ3n) is 2.59. The molecule has 90 valence electrons. The number of carbonyl (C=O) groups is 1. The second-order valence-corrected chi connectivity index (χ2v) is 4.62. The third-order valence-corrected chi connectivity index (χ3v) is 3.61. The van der Waals surface area contributed by atoms with Crippen LogP contribution in [0.25, 0.3) is 10.1 Å². The normalized spacial score (nSPS) is 10.8. The largest absolute Gasteiger partial charge is 0.494 e. The van der Waals surface area contributed by atoms with E-state index in [1.54, 1.807) is 11.4 Å². The summed E-state index contributed by atoms with van der Waals surface area (Å²) >= 11 is 1.21. The molecule has 2 rings (SSSR count). The molecule has 0 amide bonds. The molecule has 1 heterocycles. The van der Waals surface area contributed by atoms with Crippen molar-refractivity contribution in [2.45, 2.75) is 13.3 Å². The average molecular weight is 254 g/mol. The van der Waals surface area contributed by atoms with E-state index in [0.29, 0.717) is 15.6 Å². The lowest BCUT2D eigenvalue weighted by atomic mass is 10.0. The van der Waals surface area contributed by atoms with E-state index in [-0.39, 0.29) is 12.2 Å². The van der Waals surface area contributed by atoms with Crippen LogP contribution in [0.3, 0.4) is 0 Å². The number of aryl methyl sites for hydroxylation is 1. The number of hydrogen-bond acceptors (Lipinski definition) is 3. The molecule has 0 unspecified atom stereocenters. The lowest BCUT2D eigenvalue weighted by Crippen LogP contribution is -1.99. The average Bonchev–Trinajstić information content (AvgIpc) is 2.67. The maximum atomic E-state index is 13.9. The number of fused-ring (bicyclic) bond motifs is 1. The number of benzene rings is 1. The Balaban J connectivity index is 2.69. The van der Waals surface area contributed by atoms with Crippen LogP contribution in [0.15, 0.2) is 11.4 Å². The van der Waals surface area contributed by atoms with Gasteiger partial charge >= 0.3 is 5.97 Å². The molecule has 0 fully saturated rings. The highest BCUT2D eigenvalue weighted by molar-refractivity contribution is 7.17. The Morgan fingerprint density at radius 1 is 1.59 bits per heavy atom. The topological polar surface area (TPSA) is 46.5 Å². The van der Waals surface area contributed by atoms with Gasteiger partial charge in [-0.2, -0.15) is 0 Å². The van der Waals surface area contributed by atoms with Crippen molar-refractivity contribution in [3.8, 4) is 5.75 Å². The van der Waals surface area contributed by atoms with Gasteiger partial charge in [-0.1, -0.05) is 0 Å². The van der Waals surface area contributed by atoms with Gasteiger partial charge in [-0.05, 0) is 29.5 Å². The highest BCUT2D eigenvalue weighted by atomic mass is 32.1. The van der Waals surface area contributed by atoms with Crippen molar-refractivity contribution in [3.63, 3.8) is 0 Å². The van der Waals surface area contributed by atoms with E-state index in [4.69, 9.17) is 9.84 Å². The van der Waals surface area contributed by atoms with E-state index in [1.165, 1.54) is 18.4 Å². The van der Waals surface area contributed by atoms with Gasteiger partial charge in [0.05, 0.1) is 18.2 Å². The zero-order chi connectivity index (χ0) is 12.6. The molecule has 2 aromatic rings. The molecule has 0 radical (unpaired) electrons. The molecule has 0 saturated heterocycles. The molecule has 17 heavy (non-hydrogen) atoms. The SMILES string of the molecule is COc1cc(C)c2c(CC(=O)O)csc2c1F. The number of ether oxygens (including phenoxy) is 1. The number of aliphatic carboxylic acids is 1. The fourth-order valence-electron chi connectivity index (χ4n) is 1.87. The Bertz CT molecular complexity index is 589. The standard InChI is InChI=1S/C12H11FO3S/c1-6-3-8(16-2)11(13)12-10(6)7(5-17-12)4-9(14)15/h3,5H,4H2,1-2H3,(H,14,15). The quantitative estimate of drug-likeness (QED) is 0.915. The van der Waals surface area contributed by atoms with Gasteiger partial charge in [-0.25, -0.2) is 4.39 Å². The summed E-state index contributed by atoms with van der Waals surface area (Å²) in [6.45, 7) is 1.82. The molecule has 0 bridgehead atoms. The van der Waals surface area contributed by atoms with Crippen LogP contribution in [0.4, 0.5) is 4.39 Å². The summed E-state index contributed by atoms with van der Waals surface area (Å²) < 4.78 is 19.3. The molecule has 0 aliphatic carbocycles. The van der Waals surface area contributed by atoms with Crippen molar-refractivity contribution in [1.29, 1.82) is 0 Å². The minimum atomic E-state index is -0.916. The number of halogens is 1. The molecule has 1 N–H and O–H groups in total. The predicted molar refractivity (Wildman–Crippen MR) is 64.4 cm³/mol. The first-order valence-electron chi connectivity index (χ1n) is 4.99. The lowest BCUT2D eigenvalue weighted by molar-refractivity contribution is -0.136. The summed E-state index contributed by atoms with van der Waals surface area (Å²) in [5.41, 5.74) is 1.48. The van der Waals surface area contributed by atoms with Gasteiger partial charge < -0.3 is 9.84 Å². The highest BCUT2D eigenvalue weighted by Gasteiger charge is 2.16. The zero-order valence-corrected chi connectivity index (χ0v) is 10.2. The Morgan fingerprint density at radius 3 is 2.88 bits per heavy atom. The molecule has 0 aliphatic rings. The van der Waals surface area contributed by atoms with Gasteiger partial charge in [0, 0.05) is 5.39 Å². The van der Waals surface area contributed by atoms with Crippen LogP contribution in [0.1, 0.15) is 11.1 Å². The van der Waals surface area contributed by atoms with Gasteiger partial charge in [0.2, 0.25) is 0 Å². The van der Waals surface area contributed by atoms with Gasteiger partial charge in [-0.15, -0.1) is 11.3 Å². The second kappa shape index (κ2) is 4.33. The van der Waals surface area contributed by atoms with Crippen LogP contribution in [0.5, 0.6) is 5.75 Å². The third kappa shape index (κ3) is 1.98. The summed E-state index contributed by atoms with van der Waals surface area (Å²) in [5.74, 6) is -1.14. The number of thiophene rings is 1. The molecule has 0 spiro atoms. The van der Waals surface area contributed by atoms with Crippen LogP contribution >= 0.6 is 11.3 Å². The summed E-state index contributed by atoms with van der Waals surface area (Å²) in [6.07, 6.45) is -0.0907. The van der Waals surface area contributed by atoms with E-state index in [2.05, 4.69) is 0 Å². The summed E-state index contributed by atoms with van der Waals surface area (Å²) in [7, 11) is 1.41. The van der Waals surface area contributed by atoms with Crippen molar-refractivity contribution in [1.82, 2.24) is 0 Å². The minimum absolute atomic E-state index is 0.0907. The van der Waals surface area contributed by atoms with Crippen molar-refractivity contribution in [3.05, 3.63) is 28.4 Å². The Morgan fingerprint density at radius 2 is 2.29 bits per heavy atom. The first-order chi connectivity index (χ1) is 8.04. The van der Waals surface area contributed by atoms with Crippen molar-refractivity contribution >= 4 is 27.4 Å². The molecule has 5 heteroatoms. The number of rotatable bonds is 3. The molecule has 3 nitrogen and oxygen atoms in total. The van der Waals surface area contributed by atoms with Gasteiger partial charge in [0.15, 0.2) is 11.6 Å². The fourth-order valence-corrected chi connectivity index (χ4v) is 2.95. The fraction of sp³-hybridized carbons (Fsp3) is 0.250. The van der Waals surface area contributed by atoms with Crippen LogP contribution in [-0.2, 0) is 11.2 Å². The zero-order valence-electron chi connectivity index (χ0n) is 9.41. The number of hydrogen-bond donors (Lipinski definition) is 1. The monoisotopic (exact) mass is 254 g/mol. The van der Waals surface area contributed by atoms with E-state index in [1.807, 2.05) is 6.92 Å². The Labute approximate surface area is 101 Å². The maximum absolute atomic E-state index is 13.9. The van der Waals surface area contributed by atoms with Gasteiger partial charge in [0.1, 0.15) is 0 Å². The summed E-state index contributed by atoms with van der Waals surface area (Å²) in [5, 5.41) is 11.2. The lowest BCUT2D eigenvalue weighted by Gasteiger charge is -2.06. The molecule has 0 saturated carbocycles. The molecule has 1 aromatic heterocycles. The first-order valence-corrected chi connectivity index (χ1v) is 5.87. The van der Waals surface area contributed by atoms with Crippen LogP contribution in [-0.4, -0.2) is 18.2 Å². The summed E-state index contributed by atoms with van der Waals surface area (Å²) in [6, 6.07) is 1.59. The van der Waals surface area contributed by atoms with Crippen molar-refractivity contribution in [2.75, 3.05) is 7.11 Å². The molecular formula is C12H11FO3S.